The van der Waals surface area contributed by atoms with Gasteiger partial charge < -0.3 is 13.9 Å². The van der Waals surface area contributed by atoms with Gasteiger partial charge in [0, 0.05) is 0 Å². The van der Waals surface area contributed by atoms with Gasteiger partial charge in [-0.05, 0) is 17.7 Å². The Hall–Kier alpha value is -2.77. The van der Waals surface area contributed by atoms with E-state index in [1.54, 1.807) is 6.07 Å². The molecule has 0 saturated heterocycles. The molecule has 104 valence electrons. The zero-order chi connectivity index (χ0) is 14.5. The maximum Gasteiger partial charge on any atom is 0.246 e. The third kappa shape index (κ3) is 2.88. The minimum absolute atomic E-state index is 0.0626. The molecular formula is C17H13NO3. The van der Waals surface area contributed by atoms with Gasteiger partial charge in [0.15, 0.2) is 12.5 Å². The maximum atomic E-state index is 9.09. The number of fused-ring (bicyclic) bond motifs is 1. The first-order chi connectivity index (χ1) is 10.4. The Bertz CT molecular complexity index is 772. The fourth-order valence-electron chi connectivity index (χ4n) is 2.07. The van der Waals surface area contributed by atoms with Crippen molar-refractivity contribution in [3.8, 4) is 11.8 Å². The molecule has 0 spiro atoms. The third-order valence-corrected chi connectivity index (χ3v) is 3.05. The van der Waals surface area contributed by atoms with Crippen molar-refractivity contribution in [3.63, 3.8) is 0 Å². The summed E-state index contributed by atoms with van der Waals surface area (Å²) in [5.41, 5.74) is 1.70. The van der Waals surface area contributed by atoms with Crippen LogP contribution in [0, 0.1) is 11.3 Å². The highest BCUT2D eigenvalue weighted by Crippen LogP contribution is 2.32. The highest BCUT2D eigenvalue weighted by Gasteiger charge is 2.14. The lowest BCUT2D eigenvalue weighted by Crippen LogP contribution is -2.03. The van der Waals surface area contributed by atoms with Crippen LogP contribution in [0.2, 0.25) is 0 Å². The predicted molar refractivity (Wildman–Crippen MR) is 77.7 cm³/mol. The van der Waals surface area contributed by atoms with Crippen LogP contribution in [0.25, 0.3) is 11.0 Å². The van der Waals surface area contributed by atoms with Crippen LogP contribution in [-0.4, -0.2) is 6.79 Å². The summed E-state index contributed by atoms with van der Waals surface area (Å²) in [6.07, 6.45) is 0. The molecule has 4 nitrogen and oxygen atoms in total. The lowest BCUT2D eigenvalue weighted by Gasteiger charge is -2.06. The van der Waals surface area contributed by atoms with E-state index in [-0.39, 0.29) is 12.6 Å². The lowest BCUT2D eigenvalue weighted by atomic mass is 10.2. The molecule has 0 aliphatic carbocycles. The summed E-state index contributed by atoms with van der Waals surface area (Å²) in [4.78, 5) is 0. The van der Waals surface area contributed by atoms with Crippen molar-refractivity contribution in [1.82, 2.24) is 0 Å². The Morgan fingerprint density at radius 3 is 2.57 bits per heavy atom. The predicted octanol–water partition coefficient (Wildman–Crippen LogP) is 3.86. The van der Waals surface area contributed by atoms with Gasteiger partial charge in [-0.15, -0.1) is 0 Å². The Morgan fingerprint density at radius 1 is 1.00 bits per heavy atom. The van der Waals surface area contributed by atoms with Gasteiger partial charge in [0.1, 0.15) is 11.7 Å². The molecule has 21 heavy (non-hydrogen) atoms. The van der Waals surface area contributed by atoms with E-state index in [4.69, 9.17) is 19.2 Å². The van der Waals surface area contributed by atoms with Crippen LogP contribution in [0.5, 0.6) is 5.75 Å². The molecule has 0 saturated carbocycles. The van der Waals surface area contributed by atoms with Crippen molar-refractivity contribution in [2.45, 2.75) is 6.61 Å². The van der Waals surface area contributed by atoms with Crippen LogP contribution in [0.3, 0.4) is 0 Å². The number of ether oxygens (including phenoxy) is 2. The molecule has 1 heterocycles. The van der Waals surface area contributed by atoms with Crippen LogP contribution in [-0.2, 0) is 11.3 Å². The van der Waals surface area contributed by atoms with Gasteiger partial charge in [0.2, 0.25) is 5.76 Å². The summed E-state index contributed by atoms with van der Waals surface area (Å²) in [6, 6.07) is 19.2. The van der Waals surface area contributed by atoms with Crippen molar-refractivity contribution in [3.05, 3.63) is 65.9 Å². The van der Waals surface area contributed by atoms with Crippen LogP contribution in [0.4, 0.5) is 0 Å². The number of rotatable bonds is 5. The van der Waals surface area contributed by atoms with Crippen molar-refractivity contribution < 1.29 is 13.9 Å². The largest absolute Gasteiger partial charge is 0.462 e. The number of nitriles is 1. The molecular weight excluding hydrogens is 266 g/mol. The number of benzene rings is 2. The third-order valence-electron chi connectivity index (χ3n) is 3.05. The molecule has 0 atom stereocenters. The van der Waals surface area contributed by atoms with Crippen LogP contribution in [0.15, 0.2) is 59.0 Å². The summed E-state index contributed by atoms with van der Waals surface area (Å²) in [6.45, 7) is 0.519. The normalized spacial score (nSPS) is 10.4. The molecule has 0 amide bonds. The summed E-state index contributed by atoms with van der Waals surface area (Å²) >= 11 is 0. The number of furan rings is 1. The zero-order valence-electron chi connectivity index (χ0n) is 11.3. The van der Waals surface area contributed by atoms with E-state index in [0.29, 0.717) is 17.9 Å². The highest BCUT2D eigenvalue weighted by molar-refractivity contribution is 5.86. The van der Waals surface area contributed by atoms with Gasteiger partial charge in [0.05, 0.1) is 12.0 Å². The minimum atomic E-state index is 0.0626. The fourth-order valence-corrected chi connectivity index (χ4v) is 2.07. The van der Waals surface area contributed by atoms with E-state index >= 15 is 0 Å². The summed E-state index contributed by atoms with van der Waals surface area (Å²) in [7, 11) is 0. The molecule has 3 aromatic rings. The van der Waals surface area contributed by atoms with Gasteiger partial charge in [-0.3, -0.25) is 0 Å². The van der Waals surface area contributed by atoms with Crippen LogP contribution in [0.1, 0.15) is 11.3 Å². The summed E-state index contributed by atoms with van der Waals surface area (Å²) in [5.74, 6) is 0.598. The lowest BCUT2D eigenvalue weighted by molar-refractivity contribution is 0.00523. The van der Waals surface area contributed by atoms with Crippen molar-refractivity contribution in [2.75, 3.05) is 6.79 Å². The number of hydrogen-bond donors (Lipinski definition) is 0. The average molecular weight is 279 g/mol. The molecule has 2 aromatic carbocycles. The average Bonchev–Trinajstić information content (AvgIpc) is 2.90. The molecule has 0 bridgehead atoms. The van der Waals surface area contributed by atoms with E-state index < -0.39 is 0 Å². The van der Waals surface area contributed by atoms with Crippen molar-refractivity contribution in [2.24, 2.45) is 0 Å². The smallest absolute Gasteiger partial charge is 0.246 e. The standard InChI is InChI=1S/C17H13NO3/c18-10-16-17(14-8-4-5-9-15(14)21-16)20-12-19-11-13-6-2-1-3-7-13/h1-9H,11-12H2. The van der Waals surface area contributed by atoms with Gasteiger partial charge in [-0.1, -0.05) is 42.5 Å². The van der Waals surface area contributed by atoms with Crippen LogP contribution >= 0.6 is 0 Å². The zero-order valence-corrected chi connectivity index (χ0v) is 11.3. The molecule has 0 aliphatic heterocycles. The molecule has 3 rings (SSSR count). The van der Waals surface area contributed by atoms with Gasteiger partial charge >= 0.3 is 0 Å². The second-order valence-electron chi connectivity index (χ2n) is 4.46. The van der Waals surface area contributed by atoms with E-state index in [2.05, 4.69) is 0 Å². The second-order valence-corrected chi connectivity index (χ2v) is 4.46. The molecule has 0 fully saturated rings. The SMILES string of the molecule is N#Cc1oc2ccccc2c1OCOCc1ccccc1. The summed E-state index contributed by atoms with van der Waals surface area (Å²) < 4.78 is 16.5. The number of nitrogens with zero attached hydrogens (tertiary/aromatic N) is 1. The summed E-state index contributed by atoms with van der Waals surface area (Å²) in [5, 5.41) is 9.86. The second kappa shape index (κ2) is 6.12. The van der Waals surface area contributed by atoms with E-state index in [0.717, 1.165) is 10.9 Å². The van der Waals surface area contributed by atoms with E-state index in [1.165, 1.54) is 0 Å². The molecule has 0 aliphatic rings. The van der Waals surface area contributed by atoms with Crippen LogP contribution < -0.4 is 4.74 Å². The molecule has 4 heteroatoms. The molecule has 0 unspecified atom stereocenters. The Morgan fingerprint density at radius 2 is 1.76 bits per heavy atom. The van der Waals surface area contributed by atoms with Crippen molar-refractivity contribution in [1.29, 1.82) is 5.26 Å². The fraction of sp³-hybridized carbons (Fsp3) is 0.118. The molecule has 0 radical (unpaired) electrons. The van der Waals surface area contributed by atoms with E-state index in [9.17, 15) is 0 Å². The first-order valence-corrected chi connectivity index (χ1v) is 6.54. The topological polar surface area (TPSA) is 55.4 Å². The first-order valence-electron chi connectivity index (χ1n) is 6.54. The maximum absolute atomic E-state index is 9.09. The van der Waals surface area contributed by atoms with E-state index in [1.807, 2.05) is 54.6 Å². The Kier molecular flexibility index (Phi) is 3.85. The highest BCUT2D eigenvalue weighted by atomic mass is 16.7. The van der Waals surface area contributed by atoms with Gasteiger partial charge in [0.25, 0.3) is 0 Å². The molecule has 1 aromatic heterocycles. The Balaban J connectivity index is 1.67. The quantitative estimate of drug-likeness (QED) is 0.525. The number of hydrogen-bond acceptors (Lipinski definition) is 4. The molecule has 0 N–H and O–H groups in total. The number of para-hydroxylation sites is 1. The van der Waals surface area contributed by atoms with Gasteiger partial charge in [-0.2, -0.15) is 5.26 Å². The first kappa shape index (κ1) is 13.2. The van der Waals surface area contributed by atoms with Gasteiger partial charge in [-0.25, -0.2) is 0 Å². The Labute approximate surface area is 122 Å². The van der Waals surface area contributed by atoms with Crippen molar-refractivity contribution >= 4 is 11.0 Å². The monoisotopic (exact) mass is 279 g/mol. The minimum Gasteiger partial charge on any atom is -0.462 e.